The Labute approximate surface area is 228 Å². The highest BCUT2D eigenvalue weighted by molar-refractivity contribution is 5.98. The molecule has 2 amide bonds. The summed E-state index contributed by atoms with van der Waals surface area (Å²) >= 11 is 0. The Balaban J connectivity index is 2.30. The van der Waals surface area contributed by atoms with Crippen LogP contribution in [0.5, 0.6) is 11.5 Å². The van der Waals surface area contributed by atoms with Crippen LogP contribution in [0.25, 0.3) is 0 Å². The van der Waals surface area contributed by atoms with Crippen LogP contribution in [0.1, 0.15) is 93.6 Å². The summed E-state index contributed by atoms with van der Waals surface area (Å²) in [5, 5.41) is 5.78. The molecule has 0 saturated carbocycles. The molecule has 0 aromatic heterocycles. The van der Waals surface area contributed by atoms with Gasteiger partial charge in [-0.25, -0.2) is 0 Å². The van der Waals surface area contributed by atoms with Crippen molar-refractivity contribution in [3.8, 4) is 11.5 Å². The zero-order valence-corrected chi connectivity index (χ0v) is 24.2. The summed E-state index contributed by atoms with van der Waals surface area (Å²) in [6.45, 7) is 9.65. The first-order valence-corrected chi connectivity index (χ1v) is 13.6. The van der Waals surface area contributed by atoms with Crippen molar-refractivity contribution in [3.05, 3.63) is 53.1 Å². The number of nitrogens with one attached hydrogen (secondary N) is 2. The third-order valence-electron chi connectivity index (χ3n) is 6.59. The summed E-state index contributed by atoms with van der Waals surface area (Å²) in [4.78, 5) is 25.7. The summed E-state index contributed by atoms with van der Waals surface area (Å²) in [5.74, 6) is 1.17. The highest BCUT2D eigenvalue weighted by Crippen LogP contribution is 2.37. The summed E-state index contributed by atoms with van der Waals surface area (Å²) in [6.07, 6.45) is 5.21. The standard InChI is InChI=1S/C31H46N2O5/c1-8-9-10-12-22(25-15-14-24(21-28(25)37-7)38-18-11-17-36-6)20-29(34)33-27-19-23(30(35)32-5)13-16-26(27)31(2,3)4/h13-16,19,21-22H,8-12,17-18,20H2,1-7H3,(H,32,35)(H,33,34). The Hall–Kier alpha value is -3.06. The molecule has 2 aromatic rings. The zero-order chi connectivity index (χ0) is 28.1. The predicted molar refractivity (Wildman–Crippen MR) is 154 cm³/mol. The van der Waals surface area contributed by atoms with E-state index in [9.17, 15) is 9.59 Å². The third kappa shape index (κ3) is 9.35. The molecule has 7 nitrogen and oxygen atoms in total. The monoisotopic (exact) mass is 526 g/mol. The molecule has 0 saturated heterocycles. The van der Waals surface area contributed by atoms with Gasteiger partial charge >= 0.3 is 0 Å². The average Bonchev–Trinajstić information content (AvgIpc) is 2.89. The van der Waals surface area contributed by atoms with E-state index >= 15 is 0 Å². The molecular weight excluding hydrogens is 480 g/mol. The van der Waals surface area contributed by atoms with Gasteiger partial charge in [-0.1, -0.05) is 59.1 Å². The van der Waals surface area contributed by atoms with Crippen LogP contribution in [0.4, 0.5) is 5.69 Å². The van der Waals surface area contributed by atoms with Crippen molar-refractivity contribution in [1.82, 2.24) is 5.32 Å². The Morgan fingerprint density at radius 3 is 2.37 bits per heavy atom. The van der Waals surface area contributed by atoms with Crippen LogP contribution in [0.2, 0.25) is 0 Å². The van der Waals surface area contributed by atoms with Crippen LogP contribution in [0.15, 0.2) is 36.4 Å². The largest absolute Gasteiger partial charge is 0.496 e. The fraction of sp³-hybridized carbons (Fsp3) is 0.548. The number of hydrogen-bond acceptors (Lipinski definition) is 5. The lowest BCUT2D eigenvalue weighted by molar-refractivity contribution is -0.116. The lowest BCUT2D eigenvalue weighted by Crippen LogP contribution is -2.23. The van der Waals surface area contributed by atoms with Crippen LogP contribution >= 0.6 is 0 Å². The lowest BCUT2D eigenvalue weighted by Gasteiger charge is -2.25. The minimum absolute atomic E-state index is 0.0146. The van der Waals surface area contributed by atoms with Crippen LogP contribution in [0, 0.1) is 0 Å². The normalized spacial score (nSPS) is 12.1. The van der Waals surface area contributed by atoms with Gasteiger partial charge in [0.25, 0.3) is 5.91 Å². The highest BCUT2D eigenvalue weighted by Gasteiger charge is 2.24. The molecule has 0 spiro atoms. The SMILES string of the molecule is CCCCCC(CC(=O)Nc1cc(C(=O)NC)ccc1C(C)(C)C)c1ccc(OCCCOC)cc1OC. The van der Waals surface area contributed by atoms with Gasteiger partial charge in [0, 0.05) is 50.9 Å². The number of amides is 2. The first-order valence-electron chi connectivity index (χ1n) is 13.6. The molecule has 2 aromatic carbocycles. The van der Waals surface area contributed by atoms with Crippen molar-refractivity contribution in [2.24, 2.45) is 0 Å². The number of methoxy groups -OCH3 is 2. The van der Waals surface area contributed by atoms with Crippen molar-refractivity contribution in [1.29, 1.82) is 0 Å². The Morgan fingerprint density at radius 1 is 0.974 bits per heavy atom. The number of unbranched alkanes of at least 4 members (excludes halogenated alkanes) is 2. The summed E-state index contributed by atoms with van der Waals surface area (Å²) in [6, 6.07) is 11.3. The number of anilines is 1. The van der Waals surface area contributed by atoms with Crippen molar-refractivity contribution in [2.45, 2.75) is 77.6 Å². The van der Waals surface area contributed by atoms with E-state index in [0.717, 1.165) is 54.7 Å². The van der Waals surface area contributed by atoms with Gasteiger partial charge in [0.15, 0.2) is 0 Å². The number of carbonyl (C=O) groups excluding carboxylic acids is 2. The van der Waals surface area contributed by atoms with Gasteiger partial charge in [0.05, 0.1) is 13.7 Å². The molecule has 0 heterocycles. The van der Waals surface area contributed by atoms with E-state index in [2.05, 4.69) is 38.3 Å². The minimum atomic E-state index is -0.202. The molecule has 0 aliphatic heterocycles. The van der Waals surface area contributed by atoms with Crippen molar-refractivity contribution in [2.75, 3.05) is 39.8 Å². The maximum Gasteiger partial charge on any atom is 0.251 e. The van der Waals surface area contributed by atoms with Gasteiger partial charge in [-0.15, -0.1) is 0 Å². The average molecular weight is 527 g/mol. The minimum Gasteiger partial charge on any atom is -0.496 e. The number of benzene rings is 2. The molecule has 0 aliphatic carbocycles. The van der Waals surface area contributed by atoms with E-state index in [-0.39, 0.29) is 23.1 Å². The third-order valence-corrected chi connectivity index (χ3v) is 6.59. The Bertz CT molecular complexity index is 1050. The predicted octanol–water partition coefficient (Wildman–Crippen LogP) is 6.46. The van der Waals surface area contributed by atoms with Crippen molar-refractivity contribution in [3.63, 3.8) is 0 Å². The first kappa shape index (κ1) is 31.2. The fourth-order valence-corrected chi connectivity index (χ4v) is 4.53. The van der Waals surface area contributed by atoms with E-state index in [1.54, 1.807) is 33.4 Å². The van der Waals surface area contributed by atoms with E-state index in [0.29, 0.717) is 30.9 Å². The van der Waals surface area contributed by atoms with Crippen LogP contribution < -0.4 is 20.1 Å². The van der Waals surface area contributed by atoms with Gasteiger partial charge in [-0.05, 0) is 47.1 Å². The topological polar surface area (TPSA) is 85.9 Å². The molecule has 2 rings (SSSR count). The number of ether oxygens (including phenoxy) is 3. The molecule has 2 N–H and O–H groups in total. The molecule has 38 heavy (non-hydrogen) atoms. The van der Waals surface area contributed by atoms with E-state index in [1.165, 1.54) is 0 Å². The van der Waals surface area contributed by atoms with Crippen LogP contribution in [-0.4, -0.2) is 46.3 Å². The molecule has 0 radical (unpaired) electrons. The van der Waals surface area contributed by atoms with Gasteiger partial charge in [-0.2, -0.15) is 0 Å². The molecule has 0 bridgehead atoms. The molecule has 210 valence electrons. The molecular formula is C31H46N2O5. The number of rotatable bonds is 15. The van der Waals surface area contributed by atoms with Gasteiger partial charge < -0.3 is 24.8 Å². The van der Waals surface area contributed by atoms with E-state index < -0.39 is 0 Å². The van der Waals surface area contributed by atoms with Crippen molar-refractivity contribution >= 4 is 17.5 Å². The number of hydrogen-bond donors (Lipinski definition) is 2. The maximum atomic E-state index is 13.4. The van der Waals surface area contributed by atoms with Gasteiger partial charge in [0.2, 0.25) is 5.91 Å². The fourth-order valence-electron chi connectivity index (χ4n) is 4.53. The highest BCUT2D eigenvalue weighted by atomic mass is 16.5. The molecule has 7 heteroatoms. The van der Waals surface area contributed by atoms with Gasteiger partial charge in [-0.3, -0.25) is 9.59 Å². The first-order chi connectivity index (χ1) is 18.1. The zero-order valence-electron chi connectivity index (χ0n) is 24.2. The van der Waals surface area contributed by atoms with E-state index in [1.807, 2.05) is 24.3 Å². The maximum absolute atomic E-state index is 13.4. The summed E-state index contributed by atoms with van der Waals surface area (Å²) in [5.41, 5.74) is 2.96. The molecule has 0 aliphatic rings. The summed E-state index contributed by atoms with van der Waals surface area (Å²) < 4.78 is 16.7. The number of carbonyl (C=O) groups is 2. The summed E-state index contributed by atoms with van der Waals surface area (Å²) in [7, 11) is 4.92. The van der Waals surface area contributed by atoms with Gasteiger partial charge in [0.1, 0.15) is 11.5 Å². The van der Waals surface area contributed by atoms with Crippen LogP contribution in [0.3, 0.4) is 0 Å². The second-order valence-corrected chi connectivity index (χ2v) is 10.6. The molecule has 1 unspecified atom stereocenters. The second kappa shape index (κ2) is 15.4. The quantitative estimate of drug-likeness (QED) is 0.260. The van der Waals surface area contributed by atoms with Crippen LogP contribution in [-0.2, 0) is 14.9 Å². The Morgan fingerprint density at radius 2 is 1.74 bits per heavy atom. The van der Waals surface area contributed by atoms with E-state index in [4.69, 9.17) is 14.2 Å². The van der Waals surface area contributed by atoms with Crippen molar-refractivity contribution < 1.29 is 23.8 Å². The molecule has 1 atom stereocenters. The molecule has 0 fully saturated rings. The smallest absolute Gasteiger partial charge is 0.251 e. The Kier molecular flexibility index (Phi) is 12.6. The lowest BCUT2D eigenvalue weighted by atomic mass is 9.84. The second-order valence-electron chi connectivity index (χ2n) is 10.6.